The molecular weight excluding hydrogens is 175 g/mol. The summed E-state index contributed by atoms with van der Waals surface area (Å²) in [5.74, 6) is -0.358. The maximum absolute atomic E-state index is 12.0. The largest absolute Gasteiger partial charge is 0.396 e. The van der Waals surface area contributed by atoms with Crippen molar-refractivity contribution in [3.8, 4) is 0 Å². The van der Waals surface area contributed by atoms with Crippen molar-refractivity contribution in [3.63, 3.8) is 0 Å². The summed E-state index contributed by atoms with van der Waals surface area (Å²) in [6.07, 6.45) is 1.33. The van der Waals surface area contributed by atoms with E-state index in [2.05, 4.69) is 10.4 Å². The summed E-state index contributed by atoms with van der Waals surface area (Å²) in [5, 5.41) is 6.17. The van der Waals surface area contributed by atoms with Gasteiger partial charge in [0.05, 0.1) is 18.4 Å². The van der Waals surface area contributed by atoms with Crippen LogP contribution in [-0.2, 0) is 6.54 Å². The van der Waals surface area contributed by atoms with E-state index in [1.54, 1.807) is 0 Å². The van der Waals surface area contributed by atoms with Gasteiger partial charge in [-0.15, -0.1) is 0 Å². The molecule has 1 heterocycles. The fraction of sp³-hybridized carbons (Fsp3) is 0.429. The molecule has 5 nitrogen and oxygen atoms in total. The van der Waals surface area contributed by atoms with Crippen LogP contribution in [0.1, 0.15) is 10.5 Å². The lowest BCUT2D eigenvalue weighted by Crippen LogP contribution is -2.23. The van der Waals surface area contributed by atoms with Gasteiger partial charge in [0.1, 0.15) is 12.4 Å². The molecule has 6 heteroatoms. The molecule has 0 unspecified atom stereocenters. The normalized spacial score (nSPS) is 10.0. The first-order valence-electron chi connectivity index (χ1n) is 3.80. The van der Waals surface area contributed by atoms with Gasteiger partial charge >= 0.3 is 0 Å². The number of carbonyl (C=O) groups excluding carboxylic acids is 1. The second-order valence-corrected chi connectivity index (χ2v) is 2.44. The third kappa shape index (κ3) is 1.77. The van der Waals surface area contributed by atoms with Gasteiger partial charge in [-0.05, 0) is 0 Å². The number of aromatic nitrogens is 2. The van der Waals surface area contributed by atoms with Gasteiger partial charge in [-0.25, -0.2) is 4.39 Å². The van der Waals surface area contributed by atoms with E-state index < -0.39 is 6.67 Å². The third-order valence-electron chi connectivity index (χ3n) is 1.61. The van der Waals surface area contributed by atoms with Gasteiger partial charge in [0.2, 0.25) is 0 Å². The average molecular weight is 186 g/mol. The number of hydrogen-bond acceptors (Lipinski definition) is 3. The Morgan fingerprint density at radius 1 is 1.85 bits per heavy atom. The van der Waals surface area contributed by atoms with Crippen LogP contribution < -0.4 is 11.1 Å². The maximum Gasteiger partial charge on any atom is 0.271 e. The number of nitrogens with one attached hydrogen (secondary N) is 1. The number of amides is 1. The maximum atomic E-state index is 12.0. The third-order valence-corrected chi connectivity index (χ3v) is 1.61. The molecule has 0 aliphatic heterocycles. The number of anilines is 1. The van der Waals surface area contributed by atoms with Crippen LogP contribution in [0.15, 0.2) is 6.20 Å². The molecule has 0 radical (unpaired) electrons. The summed E-state index contributed by atoms with van der Waals surface area (Å²) in [7, 11) is 1.48. The van der Waals surface area contributed by atoms with E-state index in [9.17, 15) is 9.18 Å². The first-order chi connectivity index (χ1) is 6.20. The monoisotopic (exact) mass is 186 g/mol. The van der Waals surface area contributed by atoms with Crippen molar-refractivity contribution in [2.45, 2.75) is 6.54 Å². The van der Waals surface area contributed by atoms with Gasteiger partial charge in [0, 0.05) is 7.05 Å². The van der Waals surface area contributed by atoms with Crippen molar-refractivity contribution >= 4 is 11.6 Å². The molecule has 1 aromatic rings. The topological polar surface area (TPSA) is 72.9 Å². The summed E-state index contributed by atoms with van der Waals surface area (Å²) >= 11 is 0. The Morgan fingerprint density at radius 2 is 2.54 bits per heavy atom. The van der Waals surface area contributed by atoms with Crippen LogP contribution in [0.4, 0.5) is 10.1 Å². The van der Waals surface area contributed by atoms with Gasteiger partial charge in [-0.3, -0.25) is 9.48 Å². The quantitative estimate of drug-likeness (QED) is 0.686. The summed E-state index contributed by atoms with van der Waals surface area (Å²) in [5.41, 5.74) is 5.95. The Balaban J connectivity index is 3.01. The molecule has 1 rings (SSSR count). The van der Waals surface area contributed by atoms with Crippen LogP contribution in [0.2, 0.25) is 0 Å². The molecule has 0 aliphatic carbocycles. The predicted octanol–water partition coefficient (Wildman–Crippen LogP) is -0.206. The minimum atomic E-state index is -0.578. The highest BCUT2D eigenvalue weighted by molar-refractivity contribution is 5.97. The predicted molar refractivity (Wildman–Crippen MR) is 46.0 cm³/mol. The second kappa shape index (κ2) is 3.88. The van der Waals surface area contributed by atoms with E-state index >= 15 is 0 Å². The number of alkyl halides is 1. The molecule has 0 aromatic carbocycles. The van der Waals surface area contributed by atoms with Crippen LogP contribution in [0.25, 0.3) is 0 Å². The van der Waals surface area contributed by atoms with Crippen LogP contribution >= 0.6 is 0 Å². The van der Waals surface area contributed by atoms with E-state index in [0.29, 0.717) is 0 Å². The minimum Gasteiger partial charge on any atom is -0.396 e. The molecule has 1 aromatic heterocycles. The zero-order chi connectivity index (χ0) is 9.84. The standard InChI is InChI=1S/C7H11FN4O/c1-10-7(13)6-5(9)4-11-12(6)3-2-8/h4H,2-3,9H2,1H3,(H,10,13). The zero-order valence-electron chi connectivity index (χ0n) is 7.25. The fourth-order valence-corrected chi connectivity index (χ4v) is 1.02. The number of rotatable bonds is 3. The molecule has 0 atom stereocenters. The van der Waals surface area contributed by atoms with Crippen molar-refractivity contribution in [1.29, 1.82) is 0 Å². The van der Waals surface area contributed by atoms with E-state index in [-0.39, 0.29) is 23.8 Å². The van der Waals surface area contributed by atoms with Crippen LogP contribution in [0.3, 0.4) is 0 Å². The van der Waals surface area contributed by atoms with Crippen LogP contribution in [-0.4, -0.2) is 29.4 Å². The van der Waals surface area contributed by atoms with Crippen LogP contribution in [0, 0.1) is 0 Å². The number of hydrogen-bond donors (Lipinski definition) is 2. The lowest BCUT2D eigenvalue weighted by Gasteiger charge is -2.03. The first kappa shape index (κ1) is 9.50. The Kier molecular flexibility index (Phi) is 2.84. The molecule has 0 fully saturated rings. The summed E-state index contributed by atoms with van der Waals surface area (Å²) in [6.45, 7) is -0.537. The first-order valence-corrected chi connectivity index (χ1v) is 3.80. The Bertz CT molecular complexity index is 309. The summed E-state index contributed by atoms with van der Waals surface area (Å²) in [4.78, 5) is 11.2. The number of nitrogens with two attached hydrogens (primary N) is 1. The number of halogens is 1. The number of aryl methyl sites for hydroxylation is 1. The van der Waals surface area contributed by atoms with E-state index in [0.717, 1.165) is 0 Å². The van der Waals surface area contributed by atoms with Crippen molar-refractivity contribution in [1.82, 2.24) is 15.1 Å². The number of nitrogen functional groups attached to an aromatic ring is 1. The molecule has 1 amide bonds. The van der Waals surface area contributed by atoms with Gasteiger partial charge in [-0.2, -0.15) is 5.10 Å². The van der Waals surface area contributed by atoms with E-state index in [1.807, 2.05) is 0 Å². The van der Waals surface area contributed by atoms with Gasteiger partial charge in [-0.1, -0.05) is 0 Å². The fourth-order valence-electron chi connectivity index (χ4n) is 1.02. The highest BCUT2D eigenvalue weighted by Crippen LogP contribution is 2.09. The molecule has 0 bridgehead atoms. The Morgan fingerprint density at radius 3 is 3.08 bits per heavy atom. The Hall–Kier alpha value is -1.59. The van der Waals surface area contributed by atoms with Gasteiger partial charge < -0.3 is 11.1 Å². The minimum absolute atomic E-state index is 0.0416. The molecule has 13 heavy (non-hydrogen) atoms. The van der Waals surface area contributed by atoms with Crippen molar-refractivity contribution < 1.29 is 9.18 Å². The summed E-state index contributed by atoms with van der Waals surface area (Å²) < 4.78 is 13.2. The SMILES string of the molecule is CNC(=O)c1c(N)cnn1CCF. The molecule has 0 saturated carbocycles. The molecule has 0 saturated heterocycles. The van der Waals surface area contributed by atoms with E-state index in [4.69, 9.17) is 5.73 Å². The molecule has 3 N–H and O–H groups in total. The van der Waals surface area contributed by atoms with Gasteiger partial charge in [0.25, 0.3) is 5.91 Å². The number of carbonyl (C=O) groups is 1. The second-order valence-electron chi connectivity index (χ2n) is 2.44. The lowest BCUT2D eigenvalue weighted by atomic mass is 10.3. The van der Waals surface area contributed by atoms with Crippen molar-refractivity contribution in [2.24, 2.45) is 0 Å². The van der Waals surface area contributed by atoms with Crippen LogP contribution in [0.5, 0.6) is 0 Å². The van der Waals surface area contributed by atoms with Gasteiger partial charge in [0.15, 0.2) is 0 Å². The molecule has 72 valence electrons. The highest BCUT2D eigenvalue weighted by atomic mass is 19.1. The van der Waals surface area contributed by atoms with E-state index in [1.165, 1.54) is 17.9 Å². The molecule has 0 spiro atoms. The highest BCUT2D eigenvalue weighted by Gasteiger charge is 2.14. The molecular formula is C7H11FN4O. The Labute approximate surface area is 74.7 Å². The van der Waals surface area contributed by atoms with Crippen molar-refractivity contribution in [2.75, 3.05) is 19.5 Å². The number of nitrogens with zero attached hydrogens (tertiary/aromatic N) is 2. The van der Waals surface area contributed by atoms with Crippen molar-refractivity contribution in [3.05, 3.63) is 11.9 Å². The molecule has 0 aliphatic rings. The smallest absolute Gasteiger partial charge is 0.271 e. The zero-order valence-corrected chi connectivity index (χ0v) is 7.25. The average Bonchev–Trinajstić information content (AvgIpc) is 2.47. The lowest BCUT2D eigenvalue weighted by molar-refractivity contribution is 0.0953. The summed E-state index contributed by atoms with van der Waals surface area (Å²) in [6, 6.07) is 0.